The van der Waals surface area contributed by atoms with Gasteiger partial charge in [0.15, 0.2) is 0 Å². The van der Waals surface area contributed by atoms with Crippen molar-refractivity contribution >= 4 is 23.5 Å². The number of hydrogen-bond donors (Lipinski definition) is 1. The first kappa shape index (κ1) is 5.56. The van der Waals surface area contributed by atoms with Crippen molar-refractivity contribution in [3.63, 3.8) is 0 Å². The van der Waals surface area contributed by atoms with E-state index in [2.05, 4.69) is 22.3 Å². The molecule has 0 bridgehead atoms. The average Bonchev–Trinajstić information content (AvgIpc) is 1.65. The van der Waals surface area contributed by atoms with Gasteiger partial charge in [-0.25, -0.2) is 0 Å². The van der Waals surface area contributed by atoms with Gasteiger partial charge in [-0.1, -0.05) is 12.2 Å². The number of methoxy groups -OCH3 is 1. The Morgan fingerprint density at radius 2 is 2.50 bits per heavy atom. The van der Waals surface area contributed by atoms with E-state index in [0.29, 0.717) is 0 Å². The Morgan fingerprint density at radius 1 is 2.00 bits per heavy atom. The molecule has 0 aliphatic heterocycles. The zero-order chi connectivity index (χ0) is 4.99. The Balaban J connectivity index is 3.23. The molecule has 1 N–H and O–H groups in total. The summed E-state index contributed by atoms with van der Waals surface area (Å²) in [5.41, 5.74) is 0. The monoisotopic (exact) mass is 102 g/mol. The summed E-state index contributed by atoms with van der Waals surface area (Å²) in [4.78, 5) is 0. The van der Waals surface area contributed by atoms with Gasteiger partial charge in [-0.2, -0.15) is 0 Å². The summed E-state index contributed by atoms with van der Waals surface area (Å²) >= 11 is 4.17. The zero-order valence-corrected chi connectivity index (χ0v) is 4.13. The van der Waals surface area contributed by atoms with E-state index in [-0.39, 0.29) is 5.90 Å². The molecule has 3 heteroatoms. The van der Waals surface area contributed by atoms with Crippen molar-refractivity contribution in [2.24, 2.45) is 0 Å². The largest absolute Gasteiger partial charge is 0.480 e. The van der Waals surface area contributed by atoms with Gasteiger partial charge in [-0.3, -0.25) is 5.41 Å². The van der Waals surface area contributed by atoms with Crippen LogP contribution in [0.15, 0.2) is 0 Å². The molecule has 1 radical (unpaired) electrons. The van der Waals surface area contributed by atoms with Crippen LogP contribution in [-0.2, 0) is 4.74 Å². The van der Waals surface area contributed by atoms with Gasteiger partial charge in [0.2, 0.25) is 5.90 Å². The van der Waals surface area contributed by atoms with E-state index < -0.39 is 0 Å². The Labute approximate surface area is 41.6 Å². The fraction of sp³-hybridized carbons (Fsp3) is 0.333. The summed E-state index contributed by atoms with van der Waals surface area (Å²) in [5.74, 6) is -0.0926. The summed E-state index contributed by atoms with van der Waals surface area (Å²) < 4.78 is 4.27. The van der Waals surface area contributed by atoms with Crippen LogP contribution in [0.25, 0.3) is 0 Å². The summed E-state index contributed by atoms with van der Waals surface area (Å²) in [6, 6.07) is 0. The van der Waals surface area contributed by atoms with Crippen molar-refractivity contribution in [3.05, 3.63) is 0 Å². The molecule has 0 heterocycles. The van der Waals surface area contributed by atoms with Crippen molar-refractivity contribution in [1.29, 1.82) is 5.41 Å². The van der Waals surface area contributed by atoms with Crippen LogP contribution in [-0.4, -0.2) is 18.4 Å². The number of nitrogens with one attached hydrogen (secondary N) is 1. The second kappa shape index (κ2) is 2.78. The van der Waals surface area contributed by atoms with E-state index in [4.69, 9.17) is 5.41 Å². The molecule has 0 aliphatic carbocycles. The minimum atomic E-state index is -0.0926. The summed E-state index contributed by atoms with van der Waals surface area (Å²) in [7, 11) is 1.38. The number of hydrogen-bond acceptors (Lipinski definition) is 3. The number of ether oxygens (including phenoxy) is 1. The molecule has 0 aromatic rings. The third kappa shape index (κ3) is 1.84. The van der Waals surface area contributed by atoms with Crippen LogP contribution in [0, 0.1) is 5.41 Å². The van der Waals surface area contributed by atoms with E-state index in [1.165, 1.54) is 7.11 Å². The van der Waals surface area contributed by atoms with E-state index >= 15 is 0 Å². The first-order valence-corrected chi connectivity index (χ1v) is 1.72. The minimum Gasteiger partial charge on any atom is -0.480 e. The highest BCUT2D eigenvalue weighted by Gasteiger charge is 1.79. The fourth-order valence-electron chi connectivity index (χ4n) is 0.0417. The van der Waals surface area contributed by atoms with Crippen molar-refractivity contribution in [2.75, 3.05) is 7.11 Å². The quantitative estimate of drug-likeness (QED) is 0.297. The molecule has 0 atom stereocenters. The van der Waals surface area contributed by atoms with Crippen LogP contribution in [0.4, 0.5) is 0 Å². The van der Waals surface area contributed by atoms with Gasteiger partial charge >= 0.3 is 0 Å². The van der Waals surface area contributed by atoms with Crippen molar-refractivity contribution in [2.45, 2.75) is 0 Å². The lowest BCUT2D eigenvalue weighted by molar-refractivity contribution is 0.409. The highest BCUT2D eigenvalue weighted by Crippen LogP contribution is 1.63. The highest BCUT2D eigenvalue weighted by molar-refractivity contribution is 7.80. The molecule has 33 valence electrons. The van der Waals surface area contributed by atoms with Crippen molar-refractivity contribution in [1.82, 2.24) is 0 Å². The summed E-state index contributed by atoms with van der Waals surface area (Å²) in [5, 5.41) is 8.61. The van der Waals surface area contributed by atoms with E-state index in [1.807, 2.05) is 0 Å². The third-order valence-corrected chi connectivity index (χ3v) is 0.482. The molecular formula is C3H4NOS. The maximum atomic E-state index is 6.55. The summed E-state index contributed by atoms with van der Waals surface area (Å²) in [6.45, 7) is 0. The maximum absolute atomic E-state index is 6.55. The van der Waals surface area contributed by atoms with Gasteiger partial charge in [0.25, 0.3) is 0 Å². The maximum Gasteiger partial charge on any atom is 0.225 e. The van der Waals surface area contributed by atoms with Crippen LogP contribution in [0.3, 0.4) is 0 Å². The Kier molecular flexibility index (Phi) is 2.58. The van der Waals surface area contributed by atoms with E-state index in [0.717, 1.165) is 0 Å². The molecule has 0 rings (SSSR count). The minimum absolute atomic E-state index is 0.0926. The molecular weight excluding hydrogens is 98.1 g/mol. The van der Waals surface area contributed by atoms with Crippen LogP contribution < -0.4 is 0 Å². The van der Waals surface area contributed by atoms with Crippen LogP contribution in [0.2, 0.25) is 0 Å². The van der Waals surface area contributed by atoms with Crippen molar-refractivity contribution in [3.8, 4) is 0 Å². The molecule has 0 saturated carbocycles. The third-order valence-electron chi connectivity index (χ3n) is 0.297. The average molecular weight is 102 g/mol. The van der Waals surface area contributed by atoms with Gasteiger partial charge in [-0.05, 0) is 0 Å². The van der Waals surface area contributed by atoms with Gasteiger partial charge < -0.3 is 4.74 Å². The summed E-state index contributed by atoms with van der Waals surface area (Å²) in [6.07, 6.45) is 0. The molecule has 0 fully saturated rings. The first-order chi connectivity index (χ1) is 2.81. The van der Waals surface area contributed by atoms with Gasteiger partial charge in [0, 0.05) is 0 Å². The fourth-order valence-corrected chi connectivity index (χ4v) is 0.125. The lowest BCUT2D eigenvalue weighted by atomic mass is 10.8. The molecule has 0 spiro atoms. The topological polar surface area (TPSA) is 33.1 Å². The molecule has 2 nitrogen and oxygen atoms in total. The predicted octanol–water partition coefficient (Wildman–Crippen LogP) is 0.487. The molecule has 0 saturated heterocycles. The lowest BCUT2D eigenvalue weighted by Gasteiger charge is -1.85. The smallest absolute Gasteiger partial charge is 0.225 e. The number of rotatable bonds is 1. The molecule has 0 unspecified atom stereocenters. The van der Waals surface area contributed by atoms with Gasteiger partial charge in [0.05, 0.1) is 7.11 Å². The standard InChI is InChI=1S/C3H4NOS/c1-5-3(4)2-6/h4H,1H3. The normalized spacial score (nSPS) is 6.83. The van der Waals surface area contributed by atoms with Crippen LogP contribution >= 0.6 is 12.2 Å². The number of thiocarbonyl (C=S) groups is 1. The second-order valence-corrected chi connectivity index (χ2v) is 0.839. The van der Waals surface area contributed by atoms with Gasteiger partial charge in [-0.15, -0.1) is 0 Å². The molecule has 0 aromatic carbocycles. The van der Waals surface area contributed by atoms with E-state index in [1.54, 1.807) is 0 Å². The molecule has 0 aromatic heterocycles. The van der Waals surface area contributed by atoms with Crippen LogP contribution in [0.5, 0.6) is 0 Å². The van der Waals surface area contributed by atoms with Crippen molar-refractivity contribution < 1.29 is 4.74 Å². The molecule has 0 amide bonds. The Morgan fingerprint density at radius 3 is 2.50 bits per heavy atom. The molecule has 0 aliphatic rings. The SMILES string of the molecule is COC(=N)[C]=S. The lowest BCUT2D eigenvalue weighted by Crippen LogP contribution is -1.96. The zero-order valence-electron chi connectivity index (χ0n) is 3.32. The Bertz CT molecular complexity index is 71.2. The van der Waals surface area contributed by atoms with Crippen LogP contribution in [0.1, 0.15) is 0 Å². The predicted molar refractivity (Wildman–Crippen MR) is 27.3 cm³/mol. The Hall–Kier alpha value is -0.440. The first-order valence-electron chi connectivity index (χ1n) is 1.32. The molecule has 6 heavy (non-hydrogen) atoms. The highest BCUT2D eigenvalue weighted by atomic mass is 32.1. The van der Waals surface area contributed by atoms with E-state index in [9.17, 15) is 0 Å². The second-order valence-electron chi connectivity index (χ2n) is 0.635. The van der Waals surface area contributed by atoms with Gasteiger partial charge in [0.1, 0.15) is 5.37 Å².